The first-order valence-electron chi connectivity index (χ1n) is 6.18. The molecule has 0 fully saturated rings. The molecule has 2 aromatic rings. The zero-order chi connectivity index (χ0) is 15.8. The maximum atomic E-state index is 12.4. The van der Waals surface area contributed by atoms with E-state index in [0.29, 0.717) is 10.6 Å². The van der Waals surface area contributed by atoms with Crippen molar-refractivity contribution in [2.75, 3.05) is 0 Å². The molecular weight excluding hydrogens is 376 g/mol. The highest BCUT2D eigenvalue weighted by molar-refractivity contribution is 9.10. The van der Waals surface area contributed by atoms with Gasteiger partial charge in [-0.1, -0.05) is 27.5 Å². The summed E-state index contributed by atoms with van der Waals surface area (Å²) >= 11 is 9.30. The fourth-order valence-corrected chi connectivity index (χ4v) is 3.66. The summed E-state index contributed by atoms with van der Waals surface area (Å²) in [6.07, 6.45) is 0. The van der Waals surface area contributed by atoms with E-state index in [9.17, 15) is 8.42 Å². The van der Waals surface area contributed by atoms with Gasteiger partial charge in [-0.15, -0.1) is 0 Å². The van der Waals surface area contributed by atoms with Crippen molar-refractivity contribution in [3.8, 4) is 5.75 Å². The Morgan fingerprint density at radius 3 is 2.29 bits per heavy atom. The standard InChI is InChI=1S/C15H14BrClO3S/c1-9-8-15(11(3)7-13(9)16)21(18,19)20-12-4-5-14(17)10(2)6-12/h4-8H,1-3H3. The third-order valence-corrected chi connectivity index (χ3v) is 5.73. The lowest BCUT2D eigenvalue weighted by atomic mass is 10.2. The Balaban J connectivity index is 2.43. The Bertz CT molecular complexity index is 801. The van der Waals surface area contributed by atoms with E-state index in [-0.39, 0.29) is 10.6 Å². The predicted octanol–water partition coefficient (Wildman–Crippen LogP) is 4.80. The zero-order valence-corrected chi connectivity index (χ0v) is 14.9. The minimum Gasteiger partial charge on any atom is -0.379 e. The van der Waals surface area contributed by atoms with Crippen LogP contribution in [0.4, 0.5) is 0 Å². The van der Waals surface area contributed by atoms with E-state index < -0.39 is 10.1 Å². The fraction of sp³-hybridized carbons (Fsp3) is 0.200. The van der Waals surface area contributed by atoms with Crippen LogP contribution in [0.3, 0.4) is 0 Å². The monoisotopic (exact) mass is 388 g/mol. The van der Waals surface area contributed by atoms with Crippen molar-refractivity contribution in [3.63, 3.8) is 0 Å². The molecule has 0 saturated carbocycles. The van der Waals surface area contributed by atoms with Crippen LogP contribution in [0.15, 0.2) is 39.7 Å². The molecule has 0 aliphatic rings. The van der Waals surface area contributed by atoms with Crippen LogP contribution in [-0.2, 0) is 10.1 Å². The Morgan fingerprint density at radius 2 is 1.67 bits per heavy atom. The van der Waals surface area contributed by atoms with Crippen molar-refractivity contribution in [3.05, 3.63) is 56.5 Å². The Kier molecular flexibility index (Phi) is 4.66. The molecule has 0 radical (unpaired) electrons. The van der Waals surface area contributed by atoms with Crippen LogP contribution in [0.5, 0.6) is 5.75 Å². The maximum Gasteiger partial charge on any atom is 0.339 e. The molecule has 0 aliphatic carbocycles. The van der Waals surface area contributed by atoms with Gasteiger partial charge in [0, 0.05) is 9.50 Å². The molecule has 0 atom stereocenters. The first-order valence-corrected chi connectivity index (χ1v) is 8.76. The molecule has 0 aliphatic heterocycles. The summed E-state index contributed by atoms with van der Waals surface area (Å²) in [4.78, 5) is 0.163. The summed E-state index contributed by atoms with van der Waals surface area (Å²) in [7, 11) is -3.88. The van der Waals surface area contributed by atoms with E-state index in [0.717, 1.165) is 15.6 Å². The lowest BCUT2D eigenvalue weighted by Gasteiger charge is -2.12. The van der Waals surface area contributed by atoms with Gasteiger partial charge in [-0.25, -0.2) is 0 Å². The van der Waals surface area contributed by atoms with Gasteiger partial charge in [0.1, 0.15) is 10.6 Å². The molecule has 21 heavy (non-hydrogen) atoms. The molecule has 0 N–H and O–H groups in total. The largest absolute Gasteiger partial charge is 0.379 e. The first kappa shape index (κ1) is 16.3. The lowest BCUT2D eigenvalue weighted by molar-refractivity contribution is 0.485. The second-order valence-corrected chi connectivity index (χ2v) is 7.59. The van der Waals surface area contributed by atoms with Gasteiger partial charge < -0.3 is 4.18 Å². The van der Waals surface area contributed by atoms with Crippen molar-refractivity contribution in [2.24, 2.45) is 0 Å². The third-order valence-electron chi connectivity index (χ3n) is 3.06. The number of halogens is 2. The van der Waals surface area contributed by atoms with E-state index >= 15 is 0 Å². The second-order valence-electron chi connectivity index (χ2n) is 4.82. The Hall–Kier alpha value is -1.04. The Labute approximate surface area is 138 Å². The van der Waals surface area contributed by atoms with Gasteiger partial charge in [0.2, 0.25) is 0 Å². The Morgan fingerprint density at radius 1 is 1.00 bits per heavy atom. The molecule has 0 heterocycles. The number of hydrogen-bond acceptors (Lipinski definition) is 3. The maximum absolute atomic E-state index is 12.4. The van der Waals surface area contributed by atoms with E-state index in [1.807, 2.05) is 6.92 Å². The van der Waals surface area contributed by atoms with Crippen LogP contribution in [-0.4, -0.2) is 8.42 Å². The second kappa shape index (κ2) is 5.99. The average Bonchev–Trinajstić information content (AvgIpc) is 2.37. The fourth-order valence-electron chi connectivity index (χ4n) is 1.86. The summed E-state index contributed by atoms with van der Waals surface area (Å²) in [5.41, 5.74) is 2.21. The van der Waals surface area contributed by atoms with Gasteiger partial charge in [-0.2, -0.15) is 8.42 Å². The van der Waals surface area contributed by atoms with Crippen molar-refractivity contribution in [2.45, 2.75) is 25.7 Å². The molecule has 112 valence electrons. The molecule has 0 amide bonds. The average molecular weight is 390 g/mol. The summed E-state index contributed by atoms with van der Waals surface area (Å²) < 4.78 is 30.9. The van der Waals surface area contributed by atoms with Gasteiger partial charge >= 0.3 is 10.1 Å². The summed E-state index contributed by atoms with van der Waals surface area (Å²) in [6.45, 7) is 5.35. The number of rotatable bonds is 3. The molecule has 3 nitrogen and oxygen atoms in total. The molecule has 0 saturated heterocycles. The topological polar surface area (TPSA) is 43.4 Å². The molecule has 0 aromatic heterocycles. The third kappa shape index (κ3) is 3.59. The van der Waals surface area contributed by atoms with Gasteiger partial charge in [0.25, 0.3) is 0 Å². The summed E-state index contributed by atoms with van der Waals surface area (Å²) in [5, 5.41) is 0.565. The van der Waals surface area contributed by atoms with Crippen LogP contribution >= 0.6 is 27.5 Å². The van der Waals surface area contributed by atoms with Crippen LogP contribution in [0.2, 0.25) is 5.02 Å². The van der Waals surface area contributed by atoms with Gasteiger partial charge in [-0.05, 0) is 67.8 Å². The molecule has 0 unspecified atom stereocenters. The highest BCUT2D eigenvalue weighted by Gasteiger charge is 2.20. The van der Waals surface area contributed by atoms with E-state index in [1.165, 1.54) is 6.07 Å². The van der Waals surface area contributed by atoms with Gasteiger partial charge in [-0.3, -0.25) is 0 Å². The van der Waals surface area contributed by atoms with Gasteiger partial charge in [0.15, 0.2) is 0 Å². The highest BCUT2D eigenvalue weighted by atomic mass is 79.9. The smallest absolute Gasteiger partial charge is 0.339 e. The van der Waals surface area contributed by atoms with Crippen molar-refractivity contribution in [1.29, 1.82) is 0 Å². The first-order chi connectivity index (χ1) is 9.70. The van der Waals surface area contributed by atoms with Crippen LogP contribution in [0, 0.1) is 20.8 Å². The minimum absolute atomic E-state index is 0.163. The van der Waals surface area contributed by atoms with Crippen molar-refractivity contribution in [1.82, 2.24) is 0 Å². The van der Waals surface area contributed by atoms with E-state index in [2.05, 4.69) is 15.9 Å². The molecule has 2 aromatic carbocycles. The van der Waals surface area contributed by atoms with Crippen LogP contribution in [0.1, 0.15) is 16.7 Å². The molecular formula is C15H14BrClO3S. The predicted molar refractivity (Wildman–Crippen MR) is 87.6 cm³/mol. The molecule has 2 rings (SSSR count). The number of hydrogen-bond donors (Lipinski definition) is 0. The number of aryl methyl sites for hydroxylation is 3. The van der Waals surface area contributed by atoms with Crippen LogP contribution in [0.25, 0.3) is 0 Å². The lowest BCUT2D eigenvalue weighted by Crippen LogP contribution is -2.11. The molecule has 6 heteroatoms. The quantitative estimate of drug-likeness (QED) is 0.709. The normalized spacial score (nSPS) is 11.5. The minimum atomic E-state index is -3.88. The number of benzene rings is 2. The highest BCUT2D eigenvalue weighted by Crippen LogP contribution is 2.28. The van der Waals surface area contributed by atoms with E-state index in [4.69, 9.17) is 15.8 Å². The van der Waals surface area contributed by atoms with Crippen molar-refractivity contribution < 1.29 is 12.6 Å². The SMILES string of the molecule is Cc1cc(OS(=O)(=O)c2cc(C)c(Br)cc2C)ccc1Cl. The van der Waals surface area contributed by atoms with Crippen LogP contribution < -0.4 is 4.18 Å². The van der Waals surface area contributed by atoms with E-state index in [1.54, 1.807) is 38.1 Å². The van der Waals surface area contributed by atoms with Gasteiger partial charge in [0.05, 0.1) is 0 Å². The molecule has 0 spiro atoms. The molecule has 0 bridgehead atoms. The summed E-state index contributed by atoms with van der Waals surface area (Å²) in [6, 6.07) is 8.10. The van der Waals surface area contributed by atoms with Crippen molar-refractivity contribution >= 4 is 37.6 Å². The summed E-state index contributed by atoms with van der Waals surface area (Å²) in [5.74, 6) is 0.247. The zero-order valence-electron chi connectivity index (χ0n) is 11.8.